The van der Waals surface area contributed by atoms with Crippen molar-refractivity contribution < 1.29 is 4.74 Å². The van der Waals surface area contributed by atoms with E-state index in [0.717, 1.165) is 28.4 Å². The zero-order valence-corrected chi connectivity index (χ0v) is 12.2. The third kappa shape index (κ3) is 2.50. The van der Waals surface area contributed by atoms with Gasteiger partial charge in [0, 0.05) is 4.47 Å². The van der Waals surface area contributed by atoms with Crippen LogP contribution in [-0.4, -0.2) is 37.7 Å². The fraction of sp³-hybridized carbons (Fsp3) is 0.571. The van der Waals surface area contributed by atoms with Gasteiger partial charge in [0.1, 0.15) is 12.4 Å². The molecule has 1 unspecified atom stereocenters. The van der Waals surface area contributed by atoms with Gasteiger partial charge in [-0.15, -0.1) is 0 Å². The van der Waals surface area contributed by atoms with Crippen molar-refractivity contribution in [1.29, 1.82) is 0 Å². The van der Waals surface area contributed by atoms with Crippen LogP contribution in [0.2, 0.25) is 0 Å². The molecule has 2 aliphatic rings. The smallest absolute Gasteiger partial charge is 0.143 e. The molecule has 0 saturated carbocycles. The van der Waals surface area contributed by atoms with E-state index in [1.807, 2.05) is 6.07 Å². The van der Waals surface area contributed by atoms with E-state index in [2.05, 4.69) is 45.3 Å². The lowest BCUT2D eigenvalue weighted by molar-refractivity contribution is 0.168. The Balaban J connectivity index is 1.69. The second kappa shape index (κ2) is 5.10. The molecule has 1 fully saturated rings. The summed E-state index contributed by atoms with van der Waals surface area (Å²) in [5.74, 6) is 1.70. The summed E-state index contributed by atoms with van der Waals surface area (Å²) in [5, 5.41) is 3.64. The van der Waals surface area contributed by atoms with Crippen molar-refractivity contribution in [2.45, 2.75) is 18.9 Å². The zero-order valence-electron chi connectivity index (χ0n) is 10.7. The van der Waals surface area contributed by atoms with Gasteiger partial charge < -0.3 is 15.0 Å². The quantitative estimate of drug-likeness (QED) is 0.863. The average molecular weight is 311 g/mol. The van der Waals surface area contributed by atoms with Crippen LogP contribution in [0, 0.1) is 5.92 Å². The molecule has 1 atom stereocenters. The van der Waals surface area contributed by atoms with Gasteiger partial charge >= 0.3 is 0 Å². The molecule has 1 saturated heterocycles. The molecule has 18 heavy (non-hydrogen) atoms. The Morgan fingerprint density at radius 2 is 2.11 bits per heavy atom. The Bertz CT molecular complexity index is 430. The van der Waals surface area contributed by atoms with Crippen molar-refractivity contribution in [3.63, 3.8) is 0 Å². The molecule has 3 rings (SSSR count). The van der Waals surface area contributed by atoms with Gasteiger partial charge in [-0.05, 0) is 57.1 Å². The van der Waals surface area contributed by atoms with E-state index in [1.165, 1.54) is 25.9 Å². The molecule has 1 N–H and O–H groups in total. The summed E-state index contributed by atoms with van der Waals surface area (Å²) in [4.78, 5) is 2.41. The highest BCUT2D eigenvalue weighted by Gasteiger charge is 2.29. The number of piperidine rings is 1. The van der Waals surface area contributed by atoms with E-state index < -0.39 is 0 Å². The van der Waals surface area contributed by atoms with Crippen LogP contribution >= 0.6 is 15.9 Å². The van der Waals surface area contributed by atoms with E-state index in [9.17, 15) is 0 Å². The number of hydrogen-bond donors (Lipinski definition) is 1. The molecule has 0 radical (unpaired) electrons. The Labute approximate surface area is 117 Å². The Morgan fingerprint density at radius 3 is 2.89 bits per heavy atom. The van der Waals surface area contributed by atoms with Gasteiger partial charge in [0.2, 0.25) is 0 Å². The lowest BCUT2D eigenvalue weighted by atomic mass is 9.89. The standard InChI is InChI=1S/C14H19BrN2O/c1-17-6-4-10(5-7-17)13-9-18-14-8-11(15)2-3-12(14)16-13/h2-3,8,10,13,16H,4-7,9H2,1H3. The summed E-state index contributed by atoms with van der Waals surface area (Å²) in [7, 11) is 2.20. The lowest BCUT2D eigenvalue weighted by Crippen LogP contribution is -2.43. The molecule has 0 aliphatic carbocycles. The number of anilines is 1. The van der Waals surface area contributed by atoms with E-state index in [-0.39, 0.29) is 0 Å². The van der Waals surface area contributed by atoms with Crippen molar-refractivity contribution in [2.24, 2.45) is 5.92 Å². The molecule has 98 valence electrons. The number of halogens is 1. The molecule has 1 aromatic carbocycles. The number of benzene rings is 1. The number of fused-ring (bicyclic) bond motifs is 1. The van der Waals surface area contributed by atoms with E-state index in [4.69, 9.17) is 4.74 Å². The minimum absolute atomic E-state index is 0.465. The van der Waals surface area contributed by atoms with Crippen LogP contribution in [0.15, 0.2) is 22.7 Å². The first kappa shape index (κ1) is 12.3. The van der Waals surface area contributed by atoms with Gasteiger partial charge in [-0.3, -0.25) is 0 Å². The van der Waals surface area contributed by atoms with Crippen LogP contribution in [0.1, 0.15) is 12.8 Å². The van der Waals surface area contributed by atoms with Crippen LogP contribution in [0.25, 0.3) is 0 Å². The number of nitrogens with one attached hydrogen (secondary N) is 1. The second-order valence-corrected chi connectivity index (χ2v) is 6.26. The fourth-order valence-electron chi connectivity index (χ4n) is 2.84. The molecule has 3 nitrogen and oxygen atoms in total. The molecular weight excluding hydrogens is 292 g/mol. The van der Waals surface area contributed by atoms with Gasteiger partial charge in [0.25, 0.3) is 0 Å². The first-order chi connectivity index (χ1) is 8.72. The Kier molecular flexibility index (Phi) is 3.48. The van der Waals surface area contributed by atoms with Crippen LogP contribution < -0.4 is 10.1 Å². The van der Waals surface area contributed by atoms with Crippen LogP contribution in [-0.2, 0) is 0 Å². The predicted octanol–water partition coefficient (Wildman–Crippen LogP) is 2.96. The molecule has 2 heterocycles. The first-order valence-electron chi connectivity index (χ1n) is 6.60. The number of rotatable bonds is 1. The highest BCUT2D eigenvalue weighted by atomic mass is 79.9. The van der Waals surface area contributed by atoms with Crippen molar-refractivity contribution in [3.8, 4) is 5.75 Å². The van der Waals surface area contributed by atoms with Gasteiger partial charge in [-0.25, -0.2) is 0 Å². The molecule has 1 aromatic rings. The number of hydrogen-bond acceptors (Lipinski definition) is 3. The summed E-state index contributed by atoms with van der Waals surface area (Å²) in [6.07, 6.45) is 2.53. The predicted molar refractivity (Wildman–Crippen MR) is 77.3 cm³/mol. The Morgan fingerprint density at radius 1 is 1.33 bits per heavy atom. The van der Waals surface area contributed by atoms with Crippen molar-refractivity contribution in [2.75, 3.05) is 32.1 Å². The molecule has 0 aromatic heterocycles. The zero-order chi connectivity index (χ0) is 12.5. The number of likely N-dealkylation sites (tertiary alicyclic amines) is 1. The van der Waals surface area contributed by atoms with Crippen molar-refractivity contribution in [3.05, 3.63) is 22.7 Å². The average Bonchev–Trinajstić information content (AvgIpc) is 2.39. The van der Waals surface area contributed by atoms with Crippen LogP contribution in [0.5, 0.6) is 5.75 Å². The van der Waals surface area contributed by atoms with Gasteiger partial charge in [0.05, 0.1) is 11.7 Å². The maximum Gasteiger partial charge on any atom is 0.143 e. The maximum atomic E-state index is 5.89. The fourth-order valence-corrected chi connectivity index (χ4v) is 3.18. The third-order valence-electron chi connectivity index (χ3n) is 4.04. The molecule has 0 spiro atoms. The maximum absolute atomic E-state index is 5.89. The topological polar surface area (TPSA) is 24.5 Å². The molecule has 2 aliphatic heterocycles. The van der Waals surface area contributed by atoms with Crippen molar-refractivity contribution >= 4 is 21.6 Å². The van der Waals surface area contributed by atoms with Crippen LogP contribution in [0.4, 0.5) is 5.69 Å². The normalized spacial score (nSPS) is 25.1. The van der Waals surface area contributed by atoms with Gasteiger partial charge in [-0.2, -0.15) is 0 Å². The molecule has 0 bridgehead atoms. The summed E-state index contributed by atoms with van der Waals surface area (Å²) < 4.78 is 6.96. The minimum atomic E-state index is 0.465. The molecular formula is C14H19BrN2O. The Hall–Kier alpha value is -0.740. The third-order valence-corrected chi connectivity index (χ3v) is 4.53. The largest absolute Gasteiger partial charge is 0.489 e. The van der Waals surface area contributed by atoms with Gasteiger partial charge in [-0.1, -0.05) is 15.9 Å². The van der Waals surface area contributed by atoms with Gasteiger partial charge in [0.15, 0.2) is 0 Å². The highest BCUT2D eigenvalue weighted by molar-refractivity contribution is 9.10. The SMILES string of the molecule is CN1CCC(C2COc3cc(Br)ccc3N2)CC1. The second-order valence-electron chi connectivity index (χ2n) is 5.34. The van der Waals surface area contributed by atoms with E-state index in [1.54, 1.807) is 0 Å². The summed E-state index contributed by atoms with van der Waals surface area (Å²) in [6, 6.07) is 6.66. The monoisotopic (exact) mass is 310 g/mol. The number of ether oxygens (including phenoxy) is 1. The summed E-state index contributed by atoms with van der Waals surface area (Å²) in [5.41, 5.74) is 1.13. The molecule has 0 amide bonds. The lowest BCUT2D eigenvalue weighted by Gasteiger charge is -2.37. The first-order valence-corrected chi connectivity index (χ1v) is 7.39. The van der Waals surface area contributed by atoms with Crippen LogP contribution in [0.3, 0.4) is 0 Å². The molecule has 4 heteroatoms. The van der Waals surface area contributed by atoms with E-state index >= 15 is 0 Å². The minimum Gasteiger partial charge on any atom is -0.489 e. The van der Waals surface area contributed by atoms with E-state index in [0.29, 0.717) is 6.04 Å². The van der Waals surface area contributed by atoms with Crippen molar-refractivity contribution in [1.82, 2.24) is 4.90 Å². The highest BCUT2D eigenvalue weighted by Crippen LogP contribution is 2.34. The summed E-state index contributed by atoms with van der Waals surface area (Å²) >= 11 is 3.48. The summed E-state index contributed by atoms with van der Waals surface area (Å²) in [6.45, 7) is 3.20. The number of nitrogens with zero attached hydrogens (tertiary/aromatic N) is 1.